The number of nitrogens with one attached hydrogen (secondary N) is 2. The number of carbonyl (C=O) groups excluding carboxylic acids is 3. The van der Waals surface area contributed by atoms with Crippen LogP contribution in [0.3, 0.4) is 0 Å². The van der Waals surface area contributed by atoms with E-state index in [1.54, 1.807) is 36.4 Å². The molecule has 0 spiro atoms. The quantitative estimate of drug-likeness (QED) is 0.764. The number of carbonyl (C=O) groups is 3. The highest BCUT2D eigenvalue weighted by atomic mass is 16.2. The standard InChI is InChI=1S/C20H23N3O3/c1-2-13-23(20(26)16-9-5-3-6-10-16)15-19(25)21-14-18(24)22-17-11-7-4-8-12-17/h3-12H,2,13-15H2,1H3,(H,21,25)(H,22,24). The number of rotatable bonds is 8. The molecule has 3 amide bonds. The first kappa shape index (κ1) is 19.2. The lowest BCUT2D eigenvalue weighted by molar-refractivity contribution is -0.124. The Kier molecular flexibility index (Phi) is 7.36. The van der Waals surface area contributed by atoms with Crippen LogP contribution in [0.4, 0.5) is 5.69 Å². The van der Waals surface area contributed by atoms with Gasteiger partial charge >= 0.3 is 0 Å². The molecular weight excluding hydrogens is 330 g/mol. The minimum atomic E-state index is -0.369. The maximum atomic E-state index is 12.5. The molecule has 0 fully saturated rings. The van der Waals surface area contributed by atoms with Gasteiger partial charge in [0.25, 0.3) is 5.91 Å². The van der Waals surface area contributed by atoms with Crippen molar-refractivity contribution < 1.29 is 14.4 Å². The van der Waals surface area contributed by atoms with Gasteiger partial charge in [-0.05, 0) is 30.7 Å². The fourth-order valence-electron chi connectivity index (χ4n) is 2.42. The maximum absolute atomic E-state index is 12.5. The third kappa shape index (κ3) is 6.05. The molecule has 2 rings (SSSR count). The van der Waals surface area contributed by atoms with E-state index in [2.05, 4.69) is 10.6 Å². The van der Waals surface area contributed by atoms with Gasteiger partial charge in [0, 0.05) is 17.8 Å². The van der Waals surface area contributed by atoms with Gasteiger partial charge in [-0.15, -0.1) is 0 Å². The van der Waals surface area contributed by atoms with Gasteiger partial charge in [0.1, 0.15) is 0 Å². The Morgan fingerprint density at radius 1 is 0.885 bits per heavy atom. The molecule has 0 aliphatic carbocycles. The third-order valence-electron chi connectivity index (χ3n) is 3.64. The summed E-state index contributed by atoms with van der Waals surface area (Å²) in [6, 6.07) is 17.8. The van der Waals surface area contributed by atoms with Crippen LogP contribution in [0.2, 0.25) is 0 Å². The third-order valence-corrected chi connectivity index (χ3v) is 3.64. The van der Waals surface area contributed by atoms with Crippen LogP contribution in [0, 0.1) is 0 Å². The molecule has 0 aromatic heterocycles. The lowest BCUT2D eigenvalue weighted by Crippen LogP contribution is -2.43. The predicted octanol–water partition coefficient (Wildman–Crippen LogP) is 2.29. The summed E-state index contributed by atoms with van der Waals surface area (Å²) in [5, 5.41) is 5.24. The molecule has 0 bridgehead atoms. The predicted molar refractivity (Wildman–Crippen MR) is 101 cm³/mol. The largest absolute Gasteiger partial charge is 0.345 e. The van der Waals surface area contributed by atoms with E-state index < -0.39 is 0 Å². The Morgan fingerprint density at radius 3 is 2.12 bits per heavy atom. The molecule has 0 unspecified atom stereocenters. The molecule has 6 heteroatoms. The van der Waals surface area contributed by atoms with Gasteiger partial charge in [-0.25, -0.2) is 0 Å². The van der Waals surface area contributed by atoms with Crippen LogP contribution in [0.25, 0.3) is 0 Å². The first-order valence-electron chi connectivity index (χ1n) is 8.56. The number of hydrogen-bond acceptors (Lipinski definition) is 3. The minimum absolute atomic E-state index is 0.0832. The summed E-state index contributed by atoms with van der Waals surface area (Å²) >= 11 is 0. The van der Waals surface area contributed by atoms with Crippen LogP contribution in [-0.2, 0) is 9.59 Å². The van der Waals surface area contributed by atoms with Crippen molar-refractivity contribution in [3.63, 3.8) is 0 Å². The summed E-state index contributed by atoms with van der Waals surface area (Å²) in [6.45, 7) is 2.18. The van der Waals surface area contributed by atoms with Gasteiger partial charge in [-0.1, -0.05) is 43.3 Å². The number of hydrogen-bond donors (Lipinski definition) is 2. The molecule has 2 aromatic carbocycles. The fourth-order valence-corrected chi connectivity index (χ4v) is 2.42. The van der Waals surface area contributed by atoms with Crippen LogP contribution in [0.1, 0.15) is 23.7 Å². The van der Waals surface area contributed by atoms with E-state index in [-0.39, 0.29) is 30.8 Å². The van der Waals surface area contributed by atoms with Crippen LogP contribution in [0.15, 0.2) is 60.7 Å². The number of nitrogens with zero attached hydrogens (tertiary/aromatic N) is 1. The van der Waals surface area contributed by atoms with Crippen LogP contribution >= 0.6 is 0 Å². The van der Waals surface area contributed by atoms with Crippen molar-refractivity contribution in [3.05, 3.63) is 66.2 Å². The molecule has 0 heterocycles. The zero-order valence-corrected chi connectivity index (χ0v) is 14.8. The van der Waals surface area contributed by atoms with E-state index in [1.165, 1.54) is 4.90 Å². The highest BCUT2D eigenvalue weighted by Crippen LogP contribution is 2.06. The van der Waals surface area contributed by atoms with Crippen LogP contribution in [0.5, 0.6) is 0 Å². The molecule has 0 radical (unpaired) electrons. The molecule has 26 heavy (non-hydrogen) atoms. The number of benzene rings is 2. The average molecular weight is 353 g/mol. The first-order valence-corrected chi connectivity index (χ1v) is 8.56. The maximum Gasteiger partial charge on any atom is 0.254 e. The van der Waals surface area contributed by atoms with Gasteiger partial charge in [0.05, 0.1) is 13.1 Å². The summed E-state index contributed by atoms with van der Waals surface area (Å²) in [5.74, 6) is -0.886. The Morgan fingerprint density at radius 2 is 1.50 bits per heavy atom. The van der Waals surface area contributed by atoms with E-state index in [9.17, 15) is 14.4 Å². The molecule has 0 saturated carbocycles. The van der Waals surface area contributed by atoms with Crippen LogP contribution in [-0.4, -0.2) is 42.3 Å². The molecule has 0 atom stereocenters. The second kappa shape index (κ2) is 9.98. The summed E-state index contributed by atoms with van der Waals surface area (Å²) in [4.78, 5) is 38.0. The van der Waals surface area contributed by atoms with E-state index in [0.29, 0.717) is 17.8 Å². The zero-order valence-electron chi connectivity index (χ0n) is 14.8. The molecule has 0 aliphatic heterocycles. The monoisotopic (exact) mass is 353 g/mol. The van der Waals surface area contributed by atoms with Crippen molar-refractivity contribution in [2.45, 2.75) is 13.3 Å². The van der Waals surface area contributed by atoms with E-state index >= 15 is 0 Å². The normalized spacial score (nSPS) is 10.0. The second-order valence-corrected chi connectivity index (χ2v) is 5.78. The highest BCUT2D eigenvalue weighted by molar-refractivity contribution is 5.98. The van der Waals surface area contributed by atoms with Crippen molar-refractivity contribution in [2.24, 2.45) is 0 Å². The lowest BCUT2D eigenvalue weighted by atomic mass is 10.2. The fraction of sp³-hybridized carbons (Fsp3) is 0.250. The van der Waals surface area contributed by atoms with Gasteiger partial charge in [0.15, 0.2) is 0 Å². The first-order chi connectivity index (χ1) is 12.6. The van der Waals surface area contributed by atoms with Crippen molar-refractivity contribution >= 4 is 23.4 Å². The SMILES string of the molecule is CCCN(CC(=O)NCC(=O)Nc1ccccc1)C(=O)c1ccccc1. The molecule has 0 saturated heterocycles. The summed E-state index contributed by atoms with van der Waals surface area (Å²) in [6.07, 6.45) is 0.736. The Labute approximate surface area is 153 Å². The Balaban J connectivity index is 1.85. The lowest BCUT2D eigenvalue weighted by Gasteiger charge is -2.21. The van der Waals surface area contributed by atoms with Gasteiger partial charge in [0.2, 0.25) is 11.8 Å². The molecular formula is C20H23N3O3. The number of para-hydroxylation sites is 1. The topological polar surface area (TPSA) is 78.5 Å². The van der Waals surface area contributed by atoms with Crippen molar-refractivity contribution in [2.75, 3.05) is 25.0 Å². The van der Waals surface area contributed by atoms with Crippen LogP contribution < -0.4 is 10.6 Å². The van der Waals surface area contributed by atoms with Gasteiger partial charge in [-0.3, -0.25) is 14.4 Å². The molecule has 2 N–H and O–H groups in total. The van der Waals surface area contributed by atoms with E-state index in [1.807, 2.05) is 31.2 Å². The van der Waals surface area contributed by atoms with Crippen molar-refractivity contribution in [1.29, 1.82) is 0 Å². The highest BCUT2D eigenvalue weighted by Gasteiger charge is 2.18. The zero-order chi connectivity index (χ0) is 18.8. The van der Waals surface area contributed by atoms with Crippen molar-refractivity contribution in [1.82, 2.24) is 10.2 Å². The smallest absolute Gasteiger partial charge is 0.254 e. The number of amides is 3. The summed E-state index contributed by atoms with van der Waals surface area (Å²) < 4.78 is 0. The Bertz CT molecular complexity index is 732. The summed E-state index contributed by atoms with van der Waals surface area (Å²) in [5.41, 5.74) is 1.20. The van der Waals surface area contributed by atoms with E-state index in [0.717, 1.165) is 6.42 Å². The van der Waals surface area contributed by atoms with E-state index in [4.69, 9.17) is 0 Å². The molecule has 2 aromatic rings. The Hall–Kier alpha value is -3.15. The molecule has 6 nitrogen and oxygen atoms in total. The summed E-state index contributed by atoms with van der Waals surface area (Å²) in [7, 11) is 0. The van der Waals surface area contributed by atoms with Crippen molar-refractivity contribution in [3.8, 4) is 0 Å². The molecule has 136 valence electrons. The second-order valence-electron chi connectivity index (χ2n) is 5.78. The van der Waals surface area contributed by atoms with Gasteiger partial charge < -0.3 is 15.5 Å². The molecule has 0 aliphatic rings. The van der Waals surface area contributed by atoms with Gasteiger partial charge in [-0.2, -0.15) is 0 Å². The average Bonchev–Trinajstić information content (AvgIpc) is 2.67. The number of anilines is 1. The minimum Gasteiger partial charge on any atom is -0.345 e.